The van der Waals surface area contributed by atoms with E-state index in [0.717, 1.165) is 5.56 Å². The second-order valence-corrected chi connectivity index (χ2v) is 4.46. The highest BCUT2D eigenvalue weighted by atomic mass is 16.6. The standard InChI is InChI=1S/C15H14N2O5/c1-10-3-6-13(21-2)12(9-10)16-14(18)7-4-11-5-8-15(22-11)17(19)20/h3-9H,1-2H3,(H,16,18). The van der Waals surface area contributed by atoms with Crippen LogP contribution in [-0.2, 0) is 4.79 Å². The molecule has 22 heavy (non-hydrogen) atoms. The number of hydrogen-bond donors (Lipinski definition) is 1. The summed E-state index contributed by atoms with van der Waals surface area (Å²) in [6.07, 6.45) is 2.58. The van der Waals surface area contributed by atoms with Crippen LogP contribution < -0.4 is 10.1 Å². The van der Waals surface area contributed by atoms with Crippen molar-refractivity contribution in [3.63, 3.8) is 0 Å². The summed E-state index contributed by atoms with van der Waals surface area (Å²) >= 11 is 0. The third-order valence-electron chi connectivity index (χ3n) is 2.80. The normalized spacial score (nSPS) is 10.6. The quantitative estimate of drug-likeness (QED) is 0.520. The predicted molar refractivity (Wildman–Crippen MR) is 80.8 cm³/mol. The first-order valence-electron chi connectivity index (χ1n) is 6.37. The minimum Gasteiger partial charge on any atom is -0.495 e. The Labute approximate surface area is 126 Å². The Hall–Kier alpha value is -3.09. The second kappa shape index (κ2) is 6.57. The van der Waals surface area contributed by atoms with Gasteiger partial charge in [0.1, 0.15) is 16.4 Å². The number of hydrogen-bond acceptors (Lipinski definition) is 5. The lowest BCUT2D eigenvalue weighted by molar-refractivity contribution is -0.402. The number of nitrogens with zero attached hydrogens (tertiary/aromatic N) is 1. The van der Waals surface area contributed by atoms with Gasteiger partial charge in [0.05, 0.1) is 18.9 Å². The molecule has 0 saturated carbocycles. The number of carbonyl (C=O) groups excluding carboxylic acids is 1. The molecule has 1 amide bonds. The van der Waals surface area contributed by atoms with Gasteiger partial charge in [0, 0.05) is 6.08 Å². The number of carbonyl (C=O) groups is 1. The largest absolute Gasteiger partial charge is 0.495 e. The smallest absolute Gasteiger partial charge is 0.433 e. The zero-order valence-electron chi connectivity index (χ0n) is 12.0. The molecule has 0 radical (unpaired) electrons. The van der Waals surface area contributed by atoms with Gasteiger partial charge in [-0.25, -0.2) is 0 Å². The first-order chi connectivity index (χ1) is 10.5. The van der Waals surface area contributed by atoms with E-state index in [1.807, 2.05) is 13.0 Å². The highest BCUT2D eigenvalue weighted by Crippen LogP contribution is 2.25. The third-order valence-corrected chi connectivity index (χ3v) is 2.80. The minimum atomic E-state index is -0.644. The predicted octanol–water partition coefficient (Wildman–Crippen LogP) is 3.16. The molecule has 2 rings (SSSR count). The molecule has 7 nitrogen and oxygen atoms in total. The number of anilines is 1. The van der Waals surface area contributed by atoms with E-state index < -0.39 is 10.8 Å². The number of methoxy groups -OCH3 is 1. The van der Waals surface area contributed by atoms with E-state index in [4.69, 9.17) is 9.15 Å². The van der Waals surface area contributed by atoms with Gasteiger partial charge in [-0.15, -0.1) is 0 Å². The summed E-state index contributed by atoms with van der Waals surface area (Å²) in [6.45, 7) is 1.90. The Morgan fingerprint density at radius 2 is 2.14 bits per heavy atom. The molecule has 2 aromatic rings. The molecule has 7 heteroatoms. The van der Waals surface area contributed by atoms with Crippen LogP contribution in [0.3, 0.4) is 0 Å². The summed E-state index contributed by atoms with van der Waals surface area (Å²) in [4.78, 5) is 21.7. The number of rotatable bonds is 5. The molecule has 0 saturated heterocycles. The van der Waals surface area contributed by atoms with Gasteiger partial charge in [-0.2, -0.15) is 0 Å². The molecular formula is C15H14N2O5. The van der Waals surface area contributed by atoms with Crippen molar-refractivity contribution >= 4 is 23.6 Å². The number of furan rings is 1. The Balaban J connectivity index is 2.07. The van der Waals surface area contributed by atoms with E-state index in [9.17, 15) is 14.9 Å². The van der Waals surface area contributed by atoms with E-state index in [2.05, 4.69) is 5.32 Å². The van der Waals surface area contributed by atoms with Crippen LogP contribution in [0.25, 0.3) is 6.08 Å². The SMILES string of the molecule is COc1ccc(C)cc1NC(=O)C=Cc1ccc([N+](=O)[O-])o1. The summed E-state index contributed by atoms with van der Waals surface area (Å²) in [5, 5.41) is 13.2. The van der Waals surface area contributed by atoms with Crippen LogP contribution in [0.5, 0.6) is 5.75 Å². The Morgan fingerprint density at radius 3 is 2.77 bits per heavy atom. The maximum atomic E-state index is 11.9. The Bertz CT molecular complexity index is 733. The zero-order chi connectivity index (χ0) is 16.1. The molecule has 0 spiro atoms. The molecule has 1 aromatic heterocycles. The number of aryl methyl sites for hydroxylation is 1. The average Bonchev–Trinajstić information content (AvgIpc) is 2.94. The number of nitro groups is 1. The van der Waals surface area contributed by atoms with E-state index in [-0.39, 0.29) is 11.6 Å². The van der Waals surface area contributed by atoms with Gasteiger partial charge < -0.3 is 14.5 Å². The maximum Gasteiger partial charge on any atom is 0.433 e. The van der Waals surface area contributed by atoms with Crippen LogP contribution in [0.1, 0.15) is 11.3 Å². The summed E-state index contributed by atoms with van der Waals surface area (Å²) in [5.41, 5.74) is 1.52. The van der Waals surface area contributed by atoms with Crippen molar-refractivity contribution in [3.05, 3.63) is 57.8 Å². The van der Waals surface area contributed by atoms with Crippen molar-refractivity contribution in [2.75, 3.05) is 12.4 Å². The molecule has 0 aliphatic carbocycles. The maximum absolute atomic E-state index is 11.9. The van der Waals surface area contributed by atoms with Crippen molar-refractivity contribution in [3.8, 4) is 5.75 Å². The summed E-state index contributed by atoms with van der Waals surface area (Å²) in [7, 11) is 1.51. The summed E-state index contributed by atoms with van der Waals surface area (Å²) in [6, 6.07) is 8.04. The molecule has 1 aromatic carbocycles. The van der Waals surface area contributed by atoms with E-state index in [0.29, 0.717) is 11.4 Å². The van der Waals surface area contributed by atoms with Gasteiger partial charge in [-0.3, -0.25) is 14.9 Å². The van der Waals surface area contributed by atoms with Gasteiger partial charge in [0.25, 0.3) is 0 Å². The zero-order valence-corrected chi connectivity index (χ0v) is 12.0. The molecule has 0 fully saturated rings. The first kappa shape index (κ1) is 15.3. The molecule has 0 aliphatic heterocycles. The van der Waals surface area contributed by atoms with Crippen LogP contribution in [0.2, 0.25) is 0 Å². The molecule has 1 heterocycles. The lowest BCUT2D eigenvalue weighted by Crippen LogP contribution is -2.09. The lowest BCUT2D eigenvalue weighted by Gasteiger charge is -2.09. The van der Waals surface area contributed by atoms with E-state index in [1.165, 1.54) is 31.4 Å². The van der Waals surface area contributed by atoms with Crippen molar-refractivity contribution < 1.29 is 18.9 Å². The monoisotopic (exact) mass is 302 g/mol. The molecule has 0 bridgehead atoms. The van der Waals surface area contributed by atoms with Gasteiger partial charge in [0.2, 0.25) is 5.91 Å². The molecular weight excluding hydrogens is 288 g/mol. The average molecular weight is 302 g/mol. The molecule has 0 aliphatic rings. The van der Waals surface area contributed by atoms with Crippen LogP contribution in [-0.4, -0.2) is 17.9 Å². The highest BCUT2D eigenvalue weighted by Gasteiger charge is 2.10. The van der Waals surface area contributed by atoms with Gasteiger partial charge in [0.15, 0.2) is 0 Å². The number of nitrogens with one attached hydrogen (secondary N) is 1. The fraction of sp³-hybridized carbons (Fsp3) is 0.133. The van der Waals surface area contributed by atoms with Crippen molar-refractivity contribution in [1.29, 1.82) is 0 Å². The lowest BCUT2D eigenvalue weighted by atomic mass is 10.2. The number of amides is 1. The van der Waals surface area contributed by atoms with Crippen LogP contribution in [0.15, 0.2) is 40.8 Å². The van der Waals surface area contributed by atoms with Gasteiger partial charge in [-0.05, 0) is 36.8 Å². The van der Waals surface area contributed by atoms with Gasteiger partial charge >= 0.3 is 5.88 Å². The van der Waals surface area contributed by atoms with Gasteiger partial charge in [-0.1, -0.05) is 6.07 Å². The highest BCUT2D eigenvalue weighted by molar-refractivity contribution is 6.02. The second-order valence-electron chi connectivity index (χ2n) is 4.46. The van der Waals surface area contributed by atoms with Crippen molar-refractivity contribution in [2.24, 2.45) is 0 Å². The minimum absolute atomic E-state index is 0.220. The van der Waals surface area contributed by atoms with E-state index >= 15 is 0 Å². The molecule has 0 unspecified atom stereocenters. The fourth-order valence-corrected chi connectivity index (χ4v) is 1.78. The van der Waals surface area contributed by atoms with Crippen LogP contribution in [0, 0.1) is 17.0 Å². The Kier molecular flexibility index (Phi) is 4.57. The Morgan fingerprint density at radius 1 is 1.36 bits per heavy atom. The van der Waals surface area contributed by atoms with Crippen LogP contribution >= 0.6 is 0 Å². The first-order valence-corrected chi connectivity index (χ1v) is 6.37. The summed E-state index contributed by atoms with van der Waals surface area (Å²) < 4.78 is 10.1. The third kappa shape index (κ3) is 3.72. The van der Waals surface area contributed by atoms with Crippen molar-refractivity contribution in [1.82, 2.24) is 0 Å². The molecule has 114 valence electrons. The topological polar surface area (TPSA) is 94.6 Å². The summed E-state index contributed by atoms with van der Waals surface area (Å²) in [5.74, 6) is -0.0117. The number of benzene rings is 1. The number of ether oxygens (including phenoxy) is 1. The molecule has 0 atom stereocenters. The van der Waals surface area contributed by atoms with Crippen molar-refractivity contribution in [2.45, 2.75) is 6.92 Å². The fourth-order valence-electron chi connectivity index (χ4n) is 1.78. The molecule has 1 N–H and O–H groups in total. The van der Waals surface area contributed by atoms with E-state index in [1.54, 1.807) is 12.1 Å². The van der Waals surface area contributed by atoms with Crippen LogP contribution in [0.4, 0.5) is 11.6 Å².